The van der Waals surface area contributed by atoms with Crippen LogP contribution in [0.5, 0.6) is 0 Å². The average molecular weight is 395 g/mol. The predicted octanol–water partition coefficient (Wildman–Crippen LogP) is 3.90. The molecule has 0 spiro atoms. The smallest absolute Gasteiger partial charge is 0.249 e. The first-order valence-electron chi connectivity index (χ1n) is 7.76. The van der Waals surface area contributed by atoms with Crippen molar-refractivity contribution >= 4 is 51.3 Å². The molecule has 0 fully saturated rings. The quantitative estimate of drug-likeness (QED) is 0.789. The Bertz CT molecular complexity index is 883. The summed E-state index contributed by atoms with van der Waals surface area (Å²) in [5, 5.41) is 1.08. The lowest BCUT2D eigenvalue weighted by Crippen LogP contribution is -2.35. The minimum atomic E-state index is -1.13. The minimum Gasteiger partial charge on any atom is -0.298 e. The molecule has 2 aromatic rings. The third kappa shape index (κ3) is 3.78. The summed E-state index contributed by atoms with van der Waals surface area (Å²) in [7, 11) is -1.13. The van der Waals surface area contributed by atoms with Gasteiger partial charge in [-0.1, -0.05) is 48.3 Å². The average Bonchev–Trinajstić information content (AvgIpc) is 2.73. The highest BCUT2D eigenvalue weighted by atomic mass is 35.5. The van der Waals surface area contributed by atoms with Crippen molar-refractivity contribution in [3.63, 3.8) is 0 Å². The number of halogens is 2. The standard InChI is InChI=1S/C18H16Cl2N2O2S/c1-2-25(24)11-22-16-8-7-12(19)9-14(16)18(21-10-17(22)23)13-5-3-4-6-15(13)20/h3-9H,2,10-11H2,1H3. The number of carbonyl (C=O) groups excluding carboxylic acids is 1. The summed E-state index contributed by atoms with van der Waals surface area (Å²) in [6, 6.07) is 12.6. The number of nitrogens with zero attached hydrogens (tertiary/aromatic N) is 2. The van der Waals surface area contributed by atoms with Crippen LogP contribution in [0.1, 0.15) is 18.1 Å². The molecule has 0 saturated heterocycles. The summed E-state index contributed by atoms with van der Waals surface area (Å²) < 4.78 is 12.1. The first-order valence-corrected chi connectivity index (χ1v) is 10.00. The van der Waals surface area contributed by atoms with Crippen molar-refractivity contribution in [2.24, 2.45) is 4.99 Å². The van der Waals surface area contributed by atoms with Crippen molar-refractivity contribution in [3.05, 3.63) is 63.6 Å². The van der Waals surface area contributed by atoms with Crippen LogP contribution in [-0.2, 0) is 15.6 Å². The topological polar surface area (TPSA) is 49.7 Å². The Morgan fingerprint density at radius 2 is 1.92 bits per heavy atom. The van der Waals surface area contributed by atoms with Crippen LogP contribution in [0.15, 0.2) is 47.5 Å². The van der Waals surface area contributed by atoms with E-state index >= 15 is 0 Å². The Balaban J connectivity index is 2.17. The van der Waals surface area contributed by atoms with Gasteiger partial charge in [0.15, 0.2) is 0 Å². The second-order valence-electron chi connectivity index (χ2n) is 5.49. The first-order chi connectivity index (χ1) is 12.0. The summed E-state index contributed by atoms with van der Waals surface area (Å²) in [6.45, 7) is 1.79. The van der Waals surface area contributed by atoms with Crippen LogP contribution in [0.4, 0.5) is 5.69 Å². The first kappa shape index (κ1) is 18.1. The summed E-state index contributed by atoms with van der Waals surface area (Å²) in [5.74, 6) is 0.410. The van der Waals surface area contributed by atoms with Crippen LogP contribution in [0.2, 0.25) is 10.0 Å². The van der Waals surface area contributed by atoms with E-state index in [1.54, 1.807) is 24.3 Å². The van der Waals surface area contributed by atoms with Crippen molar-refractivity contribution < 1.29 is 9.00 Å². The van der Waals surface area contributed by atoms with Crippen LogP contribution in [0.3, 0.4) is 0 Å². The Morgan fingerprint density at radius 1 is 1.16 bits per heavy atom. The number of anilines is 1. The van der Waals surface area contributed by atoms with E-state index in [2.05, 4.69) is 4.99 Å². The molecule has 1 amide bonds. The Hall–Kier alpha value is -1.69. The number of hydrogen-bond donors (Lipinski definition) is 0. The number of benzodiazepines with no additional fused rings is 1. The highest BCUT2D eigenvalue weighted by Gasteiger charge is 2.27. The highest BCUT2D eigenvalue weighted by Crippen LogP contribution is 2.31. The van der Waals surface area contributed by atoms with Gasteiger partial charge in [0.2, 0.25) is 5.91 Å². The number of amides is 1. The molecule has 4 nitrogen and oxygen atoms in total. The molecule has 0 saturated carbocycles. The molecule has 2 aromatic carbocycles. The fraction of sp³-hybridized carbons (Fsp3) is 0.222. The maximum Gasteiger partial charge on any atom is 0.249 e. The van der Waals surface area contributed by atoms with Gasteiger partial charge in [0.25, 0.3) is 0 Å². The van der Waals surface area contributed by atoms with Gasteiger partial charge in [-0.05, 0) is 24.3 Å². The van der Waals surface area contributed by atoms with Crippen LogP contribution in [0.25, 0.3) is 0 Å². The lowest BCUT2D eigenvalue weighted by atomic mass is 10.0. The Kier molecular flexibility index (Phi) is 5.57. The second kappa shape index (κ2) is 7.68. The van der Waals surface area contributed by atoms with Crippen molar-refractivity contribution in [2.45, 2.75) is 6.92 Å². The minimum absolute atomic E-state index is 0.0340. The maximum atomic E-state index is 12.6. The van der Waals surface area contributed by atoms with E-state index < -0.39 is 10.8 Å². The number of aliphatic imine (C=N–C) groups is 1. The molecule has 130 valence electrons. The van der Waals surface area contributed by atoms with Crippen molar-refractivity contribution in [1.82, 2.24) is 0 Å². The van der Waals surface area contributed by atoms with Gasteiger partial charge in [0.1, 0.15) is 12.4 Å². The molecule has 1 atom stereocenters. The van der Waals surface area contributed by atoms with Crippen LogP contribution >= 0.6 is 23.2 Å². The van der Waals surface area contributed by atoms with Gasteiger partial charge >= 0.3 is 0 Å². The fourth-order valence-electron chi connectivity index (χ4n) is 2.65. The Labute approximate surface area is 158 Å². The summed E-state index contributed by atoms with van der Waals surface area (Å²) in [5.41, 5.74) is 2.70. The zero-order chi connectivity index (χ0) is 18.0. The monoisotopic (exact) mass is 394 g/mol. The molecule has 1 unspecified atom stereocenters. The normalized spacial score (nSPS) is 15.4. The lowest BCUT2D eigenvalue weighted by molar-refractivity contribution is -0.117. The molecule has 1 aliphatic rings. The summed E-state index contributed by atoms with van der Waals surface area (Å²) in [4.78, 5) is 18.6. The van der Waals surface area contributed by atoms with Crippen LogP contribution in [0, 0.1) is 0 Å². The third-order valence-electron chi connectivity index (χ3n) is 3.90. The molecule has 0 aromatic heterocycles. The van der Waals surface area contributed by atoms with Gasteiger partial charge in [-0.3, -0.25) is 18.9 Å². The van der Waals surface area contributed by atoms with Crippen LogP contribution < -0.4 is 4.90 Å². The molecule has 25 heavy (non-hydrogen) atoms. The van der Waals surface area contributed by atoms with Gasteiger partial charge in [-0.25, -0.2) is 0 Å². The van der Waals surface area contributed by atoms with E-state index in [1.807, 2.05) is 25.1 Å². The predicted molar refractivity (Wildman–Crippen MR) is 104 cm³/mol. The second-order valence-corrected chi connectivity index (χ2v) is 8.04. The van der Waals surface area contributed by atoms with E-state index in [-0.39, 0.29) is 18.3 Å². The van der Waals surface area contributed by atoms with E-state index in [0.29, 0.717) is 32.8 Å². The largest absolute Gasteiger partial charge is 0.298 e. The van der Waals surface area contributed by atoms with E-state index in [1.165, 1.54) is 4.90 Å². The molecular weight excluding hydrogens is 379 g/mol. The molecule has 0 radical (unpaired) electrons. The molecule has 0 N–H and O–H groups in total. The molecule has 0 aliphatic carbocycles. The third-order valence-corrected chi connectivity index (χ3v) is 5.66. The summed E-state index contributed by atoms with van der Waals surface area (Å²) >= 11 is 12.5. The number of hydrogen-bond acceptors (Lipinski definition) is 3. The van der Waals surface area contributed by atoms with Crippen molar-refractivity contribution in [2.75, 3.05) is 23.1 Å². The zero-order valence-electron chi connectivity index (χ0n) is 13.5. The molecule has 1 heterocycles. The molecular formula is C18H16Cl2N2O2S. The highest BCUT2D eigenvalue weighted by molar-refractivity contribution is 7.85. The SMILES string of the molecule is CCS(=O)CN1C(=O)CN=C(c2ccccc2Cl)c2cc(Cl)ccc21. The lowest BCUT2D eigenvalue weighted by Gasteiger charge is -2.22. The van der Waals surface area contributed by atoms with E-state index in [9.17, 15) is 9.00 Å². The van der Waals surface area contributed by atoms with Gasteiger partial charge in [0.05, 0.1) is 11.4 Å². The van der Waals surface area contributed by atoms with Crippen molar-refractivity contribution in [3.8, 4) is 0 Å². The van der Waals surface area contributed by atoms with Crippen molar-refractivity contribution in [1.29, 1.82) is 0 Å². The zero-order valence-corrected chi connectivity index (χ0v) is 15.9. The molecule has 3 rings (SSSR count). The molecule has 1 aliphatic heterocycles. The number of benzene rings is 2. The summed E-state index contributed by atoms with van der Waals surface area (Å²) in [6.07, 6.45) is 0. The Morgan fingerprint density at radius 3 is 2.64 bits per heavy atom. The van der Waals surface area contributed by atoms with E-state index in [0.717, 1.165) is 5.56 Å². The molecule has 7 heteroatoms. The number of fused-ring (bicyclic) bond motifs is 1. The van der Waals surface area contributed by atoms with Gasteiger partial charge < -0.3 is 0 Å². The van der Waals surface area contributed by atoms with Crippen LogP contribution in [-0.4, -0.2) is 34.0 Å². The fourth-order valence-corrected chi connectivity index (χ4v) is 3.80. The van der Waals surface area contributed by atoms with Gasteiger partial charge in [-0.15, -0.1) is 0 Å². The number of rotatable bonds is 4. The van der Waals surface area contributed by atoms with E-state index in [4.69, 9.17) is 23.2 Å². The van der Waals surface area contributed by atoms with Gasteiger partial charge in [0, 0.05) is 37.7 Å². The maximum absolute atomic E-state index is 12.6. The molecule has 0 bridgehead atoms. The number of carbonyl (C=O) groups is 1. The van der Waals surface area contributed by atoms with Gasteiger partial charge in [-0.2, -0.15) is 0 Å².